The molecule has 0 atom stereocenters. The number of pyridine rings is 2. The van der Waals surface area contributed by atoms with Crippen molar-refractivity contribution < 1.29 is 8.42 Å². The van der Waals surface area contributed by atoms with Crippen LogP contribution < -0.4 is 5.73 Å². The number of nitrogens with two attached hydrogens (primary N) is 1. The maximum atomic E-state index is 12.6. The van der Waals surface area contributed by atoms with Crippen molar-refractivity contribution in [1.82, 2.24) is 14.3 Å². The Morgan fingerprint density at radius 2 is 2.05 bits per heavy atom. The molecule has 20 heavy (non-hydrogen) atoms. The van der Waals surface area contributed by atoms with Crippen LogP contribution in [0.15, 0.2) is 47.8 Å². The number of nitrogens with zero attached hydrogens (tertiary/aromatic N) is 3. The minimum Gasteiger partial charge on any atom is -0.398 e. The molecule has 0 aromatic carbocycles. The summed E-state index contributed by atoms with van der Waals surface area (Å²) in [5.74, 6) is 0. The van der Waals surface area contributed by atoms with Gasteiger partial charge in [-0.2, -0.15) is 4.31 Å². The summed E-state index contributed by atoms with van der Waals surface area (Å²) < 4.78 is 26.5. The molecule has 0 saturated carbocycles. The lowest BCUT2D eigenvalue weighted by molar-refractivity contribution is 0.419. The van der Waals surface area contributed by atoms with Crippen LogP contribution in [0, 0.1) is 0 Å². The maximum Gasteiger partial charge on any atom is 0.247 e. The van der Waals surface area contributed by atoms with Crippen molar-refractivity contribution in [2.75, 3.05) is 12.3 Å². The van der Waals surface area contributed by atoms with E-state index in [4.69, 9.17) is 5.73 Å². The molecule has 0 aliphatic rings. The third kappa shape index (κ3) is 2.94. The number of rotatable bonds is 5. The molecule has 2 rings (SSSR count). The van der Waals surface area contributed by atoms with Crippen LogP contribution in [0.2, 0.25) is 0 Å². The summed E-state index contributed by atoms with van der Waals surface area (Å²) in [5.41, 5.74) is 6.61. The zero-order valence-corrected chi connectivity index (χ0v) is 11.9. The first-order chi connectivity index (χ1) is 9.55. The standard InChI is InChI=1S/C13H16N4O2S/c1-2-17(10-11-5-3-4-7-16-11)20(18,19)13-9-15-8-6-12(13)14/h3-9H,2,10H2,1H3,(H2,14,15). The lowest BCUT2D eigenvalue weighted by atomic mass is 10.3. The van der Waals surface area contributed by atoms with Crippen molar-refractivity contribution in [3.8, 4) is 0 Å². The Hall–Kier alpha value is -1.99. The topological polar surface area (TPSA) is 89.2 Å². The number of hydrogen-bond donors (Lipinski definition) is 1. The Labute approximate surface area is 118 Å². The average molecular weight is 292 g/mol. The Balaban J connectivity index is 2.34. The van der Waals surface area contributed by atoms with Gasteiger partial charge in [0.05, 0.1) is 17.9 Å². The summed E-state index contributed by atoms with van der Waals surface area (Å²) >= 11 is 0. The lowest BCUT2D eigenvalue weighted by Crippen LogP contribution is -2.31. The van der Waals surface area contributed by atoms with Gasteiger partial charge in [0.15, 0.2) is 0 Å². The molecule has 2 N–H and O–H groups in total. The second-order valence-corrected chi connectivity index (χ2v) is 6.07. The average Bonchev–Trinajstić information content (AvgIpc) is 2.46. The third-order valence-corrected chi connectivity index (χ3v) is 4.82. The molecule has 6 nitrogen and oxygen atoms in total. The third-order valence-electron chi connectivity index (χ3n) is 2.85. The largest absolute Gasteiger partial charge is 0.398 e. The fourth-order valence-corrected chi connectivity index (χ4v) is 3.26. The van der Waals surface area contributed by atoms with E-state index in [2.05, 4.69) is 9.97 Å². The molecule has 106 valence electrons. The first kappa shape index (κ1) is 14.4. The first-order valence-corrected chi connectivity index (χ1v) is 7.59. The number of nitrogen functional groups attached to an aromatic ring is 1. The first-order valence-electron chi connectivity index (χ1n) is 6.15. The summed E-state index contributed by atoms with van der Waals surface area (Å²) in [6.45, 7) is 2.30. The van der Waals surface area contributed by atoms with E-state index < -0.39 is 10.0 Å². The zero-order valence-electron chi connectivity index (χ0n) is 11.1. The highest BCUT2D eigenvalue weighted by atomic mass is 32.2. The van der Waals surface area contributed by atoms with Crippen LogP contribution in [-0.2, 0) is 16.6 Å². The van der Waals surface area contributed by atoms with Crippen molar-refractivity contribution in [3.63, 3.8) is 0 Å². The van der Waals surface area contributed by atoms with Crippen molar-refractivity contribution in [2.45, 2.75) is 18.4 Å². The van der Waals surface area contributed by atoms with Gasteiger partial charge in [-0.25, -0.2) is 8.42 Å². The van der Waals surface area contributed by atoms with Crippen LogP contribution in [-0.4, -0.2) is 29.2 Å². The van der Waals surface area contributed by atoms with Gasteiger partial charge in [-0.1, -0.05) is 13.0 Å². The molecular formula is C13H16N4O2S. The van der Waals surface area contributed by atoms with Gasteiger partial charge in [-0.3, -0.25) is 9.97 Å². The molecule has 0 bridgehead atoms. The monoisotopic (exact) mass is 292 g/mol. The van der Waals surface area contributed by atoms with Gasteiger partial charge in [0.1, 0.15) is 4.90 Å². The molecule has 2 aromatic rings. The molecule has 0 radical (unpaired) electrons. The Morgan fingerprint density at radius 3 is 2.65 bits per heavy atom. The van der Waals surface area contributed by atoms with E-state index in [0.29, 0.717) is 12.2 Å². The zero-order chi connectivity index (χ0) is 14.6. The molecule has 0 amide bonds. The summed E-state index contributed by atoms with van der Waals surface area (Å²) in [6.07, 6.45) is 4.36. The number of hydrogen-bond acceptors (Lipinski definition) is 5. The van der Waals surface area contributed by atoms with E-state index in [9.17, 15) is 8.42 Å². The van der Waals surface area contributed by atoms with Gasteiger partial charge in [-0.15, -0.1) is 0 Å². The Bertz CT molecular complexity index is 674. The van der Waals surface area contributed by atoms with Crippen LogP contribution in [0.5, 0.6) is 0 Å². The van der Waals surface area contributed by atoms with Crippen molar-refractivity contribution >= 4 is 15.7 Å². The fraction of sp³-hybridized carbons (Fsp3) is 0.231. The maximum absolute atomic E-state index is 12.6. The van der Waals surface area contributed by atoms with E-state index >= 15 is 0 Å². The lowest BCUT2D eigenvalue weighted by Gasteiger charge is -2.20. The molecule has 2 heterocycles. The number of aromatic nitrogens is 2. The van der Waals surface area contributed by atoms with Gasteiger partial charge in [0.25, 0.3) is 0 Å². The number of sulfonamides is 1. The minimum atomic E-state index is -3.67. The fourth-order valence-electron chi connectivity index (χ4n) is 1.78. The second kappa shape index (κ2) is 5.98. The highest BCUT2D eigenvalue weighted by molar-refractivity contribution is 7.89. The van der Waals surface area contributed by atoms with Crippen molar-refractivity contribution in [3.05, 3.63) is 48.5 Å². The van der Waals surface area contributed by atoms with Crippen molar-refractivity contribution in [1.29, 1.82) is 0 Å². The SMILES string of the molecule is CCN(Cc1ccccn1)S(=O)(=O)c1cnccc1N. The second-order valence-electron chi connectivity index (χ2n) is 4.17. The van der Waals surface area contributed by atoms with Crippen LogP contribution in [0.1, 0.15) is 12.6 Å². The predicted molar refractivity (Wildman–Crippen MR) is 76.2 cm³/mol. The van der Waals surface area contributed by atoms with E-state index in [-0.39, 0.29) is 17.1 Å². The molecule has 0 saturated heterocycles. The number of anilines is 1. The molecule has 0 aliphatic carbocycles. The molecule has 0 fully saturated rings. The predicted octanol–water partition coefficient (Wildman–Crippen LogP) is 1.27. The summed E-state index contributed by atoms with van der Waals surface area (Å²) in [5, 5.41) is 0. The van der Waals surface area contributed by atoms with Crippen LogP contribution in [0.4, 0.5) is 5.69 Å². The molecule has 0 spiro atoms. The van der Waals surface area contributed by atoms with Gasteiger partial charge in [0.2, 0.25) is 10.0 Å². The van der Waals surface area contributed by atoms with Gasteiger partial charge < -0.3 is 5.73 Å². The molecular weight excluding hydrogens is 276 g/mol. The molecule has 0 aliphatic heterocycles. The van der Waals surface area contributed by atoms with Crippen LogP contribution in [0.3, 0.4) is 0 Å². The summed E-state index contributed by atoms with van der Waals surface area (Å²) in [6, 6.07) is 6.86. The molecule has 2 aromatic heterocycles. The van der Waals surface area contributed by atoms with Crippen LogP contribution in [0.25, 0.3) is 0 Å². The summed E-state index contributed by atoms with van der Waals surface area (Å²) in [7, 11) is -3.67. The smallest absolute Gasteiger partial charge is 0.247 e. The van der Waals surface area contributed by atoms with E-state index in [1.807, 2.05) is 6.07 Å². The quantitative estimate of drug-likeness (QED) is 0.896. The van der Waals surface area contributed by atoms with Crippen LogP contribution >= 0.6 is 0 Å². The van der Waals surface area contributed by atoms with E-state index in [0.717, 1.165) is 0 Å². The van der Waals surface area contributed by atoms with Gasteiger partial charge in [0, 0.05) is 25.1 Å². The Morgan fingerprint density at radius 1 is 1.25 bits per heavy atom. The normalized spacial score (nSPS) is 11.7. The molecule has 0 unspecified atom stereocenters. The highest BCUT2D eigenvalue weighted by Gasteiger charge is 2.25. The van der Waals surface area contributed by atoms with E-state index in [1.54, 1.807) is 25.3 Å². The Kier molecular flexibility index (Phi) is 4.31. The summed E-state index contributed by atoms with van der Waals surface area (Å²) in [4.78, 5) is 8.00. The van der Waals surface area contributed by atoms with Gasteiger partial charge >= 0.3 is 0 Å². The highest BCUT2D eigenvalue weighted by Crippen LogP contribution is 2.21. The minimum absolute atomic E-state index is 0.0257. The molecule has 7 heteroatoms. The van der Waals surface area contributed by atoms with Gasteiger partial charge in [-0.05, 0) is 18.2 Å². The van der Waals surface area contributed by atoms with Crippen molar-refractivity contribution in [2.24, 2.45) is 0 Å². The van der Waals surface area contributed by atoms with E-state index in [1.165, 1.54) is 22.8 Å².